The lowest BCUT2D eigenvalue weighted by Crippen LogP contribution is -2.20. The zero-order valence-corrected chi connectivity index (χ0v) is 14.8. The maximum absolute atomic E-state index is 11.9. The molecule has 0 atom stereocenters. The second-order valence-electron chi connectivity index (χ2n) is 5.61. The highest BCUT2D eigenvalue weighted by molar-refractivity contribution is 6.32. The van der Waals surface area contributed by atoms with E-state index >= 15 is 0 Å². The maximum Gasteiger partial charge on any atom is 0.289 e. The lowest BCUT2D eigenvalue weighted by atomic mass is 10.1. The summed E-state index contributed by atoms with van der Waals surface area (Å²) in [6, 6.07) is 11.1. The molecule has 0 unspecified atom stereocenters. The van der Waals surface area contributed by atoms with Crippen LogP contribution in [0.1, 0.15) is 18.9 Å². The third-order valence-electron chi connectivity index (χ3n) is 3.49. The number of halogens is 1. The van der Waals surface area contributed by atoms with Crippen LogP contribution in [0.2, 0.25) is 5.02 Å². The van der Waals surface area contributed by atoms with Crippen molar-refractivity contribution in [1.82, 2.24) is 0 Å². The lowest BCUT2D eigenvalue weighted by Gasteiger charge is -2.08. The van der Waals surface area contributed by atoms with Gasteiger partial charge in [0.15, 0.2) is 6.61 Å². The molecule has 0 aromatic heterocycles. The van der Waals surface area contributed by atoms with Crippen LogP contribution in [0.25, 0.3) is 0 Å². The van der Waals surface area contributed by atoms with Gasteiger partial charge < -0.3 is 14.8 Å². The molecule has 0 aliphatic rings. The fourth-order valence-electron chi connectivity index (χ4n) is 2.15. The van der Waals surface area contributed by atoms with E-state index < -0.39 is 10.8 Å². The number of aryl methyl sites for hydroxylation is 1. The molecule has 8 heteroatoms. The molecule has 2 rings (SSSR count). The summed E-state index contributed by atoms with van der Waals surface area (Å²) >= 11 is 5.72. The van der Waals surface area contributed by atoms with E-state index in [4.69, 9.17) is 16.3 Å². The Morgan fingerprint density at radius 1 is 1.19 bits per heavy atom. The summed E-state index contributed by atoms with van der Waals surface area (Å²) in [5.41, 5.74) is 0.978. The van der Waals surface area contributed by atoms with Crippen molar-refractivity contribution >= 4 is 34.7 Å². The number of hydrogen-bond donors (Lipinski definition) is 1. The van der Waals surface area contributed by atoms with E-state index in [2.05, 4.69) is 5.32 Å². The van der Waals surface area contributed by atoms with E-state index in [9.17, 15) is 19.7 Å². The Kier molecular flexibility index (Phi) is 6.68. The standard InChI is InChI=1S/C18H17ClN2O5/c1-12(22)2-3-13-4-7-15(8-5-13)26-11-18(23)20-14-6-9-16(19)17(10-14)21(24)25/h4-10H,2-3,11H2,1H3,(H,20,23). The molecule has 136 valence electrons. The summed E-state index contributed by atoms with van der Waals surface area (Å²) < 4.78 is 5.38. The van der Waals surface area contributed by atoms with Gasteiger partial charge in [0, 0.05) is 18.2 Å². The van der Waals surface area contributed by atoms with Crippen molar-refractivity contribution in [2.24, 2.45) is 0 Å². The molecule has 0 fully saturated rings. The molecule has 0 saturated carbocycles. The topological polar surface area (TPSA) is 98.5 Å². The van der Waals surface area contributed by atoms with E-state index in [-0.39, 0.29) is 28.8 Å². The number of nitro groups is 1. The Hall–Kier alpha value is -2.93. The number of carbonyl (C=O) groups excluding carboxylic acids is 2. The molecule has 0 saturated heterocycles. The summed E-state index contributed by atoms with van der Waals surface area (Å²) in [4.78, 5) is 33.1. The third-order valence-corrected chi connectivity index (χ3v) is 3.81. The predicted molar refractivity (Wildman–Crippen MR) is 97.7 cm³/mol. The minimum absolute atomic E-state index is 0.00545. The van der Waals surface area contributed by atoms with Crippen molar-refractivity contribution in [1.29, 1.82) is 0 Å². The number of nitro benzene ring substituents is 1. The predicted octanol–water partition coefficient (Wildman–Crippen LogP) is 3.79. The van der Waals surface area contributed by atoms with Gasteiger partial charge in [-0.05, 0) is 43.2 Å². The van der Waals surface area contributed by atoms with Crippen molar-refractivity contribution in [2.75, 3.05) is 11.9 Å². The van der Waals surface area contributed by atoms with Crippen LogP contribution in [0.15, 0.2) is 42.5 Å². The number of ketones is 1. The first kappa shape index (κ1) is 19.4. The second-order valence-corrected chi connectivity index (χ2v) is 6.01. The van der Waals surface area contributed by atoms with E-state index in [1.807, 2.05) is 12.1 Å². The molecule has 1 N–H and O–H groups in total. The molecule has 26 heavy (non-hydrogen) atoms. The molecule has 0 aliphatic carbocycles. The van der Waals surface area contributed by atoms with Gasteiger partial charge in [-0.2, -0.15) is 0 Å². The van der Waals surface area contributed by atoms with Crippen LogP contribution in [0.5, 0.6) is 5.75 Å². The number of amides is 1. The minimum atomic E-state index is -0.623. The van der Waals surface area contributed by atoms with Gasteiger partial charge in [0.05, 0.1) is 4.92 Å². The van der Waals surface area contributed by atoms with E-state index in [1.54, 1.807) is 19.1 Å². The highest BCUT2D eigenvalue weighted by Gasteiger charge is 2.14. The van der Waals surface area contributed by atoms with Gasteiger partial charge in [-0.25, -0.2) is 0 Å². The van der Waals surface area contributed by atoms with Gasteiger partial charge >= 0.3 is 0 Å². The van der Waals surface area contributed by atoms with Crippen LogP contribution in [0.4, 0.5) is 11.4 Å². The van der Waals surface area contributed by atoms with Crippen LogP contribution in [-0.4, -0.2) is 23.2 Å². The number of nitrogens with zero attached hydrogens (tertiary/aromatic N) is 1. The van der Waals surface area contributed by atoms with Crippen LogP contribution in [0.3, 0.4) is 0 Å². The molecular formula is C18H17ClN2O5. The van der Waals surface area contributed by atoms with Gasteiger partial charge in [0.25, 0.3) is 11.6 Å². The Labute approximate surface area is 155 Å². The summed E-state index contributed by atoms with van der Waals surface area (Å²) in [6.45, 7) is 1.30. The molecule has 2 aromatic rings. The fourth-order valence-corrected chi connectivity index (χ4v) is 2.34. The number of rotatable bonds is 8. The Morgan fingerprint density at radius 2 is 1.88 bits per heavy atom. The lowest BCUT2D eigenvalue weighted by molar-refractivity contribution is -0.384. The molecule has 2 aromatic carbocycles. The smallest absolute Gasteiger partial charge is 0.289 e. The zero-order chi connectivity index (χ0) is 19.1. The first-order valence-corrected chi connectivity index (χ1v) is 8.18. The number of hydrogen-bond acceptors (Lipinski definition) is 5. The number of anilines is 1. The number of ether oxygens (including phenoxy) is 1. The van der Waals surface area contributed by atoms with Crippen LogP contribution in [-0.2, 0) is 16.0 Å². The normalized spacial score (nSPS) is 10.2. The quantitative estimate of drug-likeness (QED) is 0.558. The highest BCUT2D eigenvalue weighted by atomic mass is 35.5. The van der Waals surface area contributed by atoms with Gasteiger partial charge in [0.2, 0.25) is 0 Å². The van der Waals surface area contributed by atoms with Gasteiger partial charge in [-0.3, -0.25) is 14.9 Å². The minimum Gasteiger partial charge on any atom is -0.484 e. The molecule has 0 bridgehead atoms. The van der Waals surface area contributed by atoms with Crippen molar-refractivity contribution in [2.45, 2.75) is 19.8 Å². The van der Waals surface area contributed by atoms with Crippen molar-refractivity contribution < 1.29 is 19.2 Å². The SMILES string of the molecule is CC(=O)CCc1ccc(OCC(=O)Nc2ccc(Cl)c([N+](=O)[O-])c2)cc1. The van der Waals surface area contributed by atoms with Crippen LogP contribution >= 0.6 is 11.6 Å². The fraction of sp³-hybridized carbons (Fsp3) is 0.222. The summed E-state index contributed by atoms with van der Waals surface area (Å²) in [6.07, 6.45) is 1.14. The van der Waals surface area contributed by atoms with E-state index in [0.29, 0.717) is 18.6 Å². The molecule has 0 spiro atoms. The average molecular weight is 377 g/mol. The first-order valence-electron chi connectivity index (χ1n) is 7.80. The molecular weight excluding hydrogens is 360 g/mol. The Bertz CT molecular complexity index is 821. The zero-order valence-electron chi connectivity index (χ0n) is 14.0. The summed E-state index contributed by atoms with van der Waals surface area (Å²) in [7, 11) is 0. The molecule has 1 amide bonds. The number of carbonyl (C=O) groups is 2. The van der Waals surface area contributed by atoms with Crippen LogP contribution in [0, 0.1) is 10.1 Å². The van der Waals surface area contributed by atoms with Crippen molar-refractivity contribution in [3.05, 3.63) is 63.2 Å². The number of Topliss-reactive ketones (excluding diaryl/α,β-unsaturated/α-hetero) is 1. The Balaban J connectivity index is 1.88. The van der Waals surface area contributed by atoms with Gasteiger partial charge in [-0.1, -0.05) is 23.7 Å². The molecule has 7 nitrogen and oxygen atoms in total. The largest absolute Gasteiger partial charge is 0.484 e. The van der Waals surface area contributed by atoms with Gasteiger partial charge in [-0.15, -0.1) is 0 Å². The third kappa shape index (κ3) is 5.86. The average Bonchev–Trinajstić information content (AvgIpc) is 2.60. The molecule has 0 aliphatic heterocycles. The van der Waals surface area contributed by atoms with Crippen molar-refractivity contribution in [3.63, 3.8) is 0 Å². The van der Waals surface area contributed by atoms with E-state index in [1.165, 1.54) is 18.2 Å². The summed E-state index contributed by atoms with van der Waals surface area (Å²) in [5.74, 6) is 0.181. The van der Waals surface area contributed by atoms with Crippen LogP contribution < -0.4 is 10.1 Å². The Morgan fingerprint density at radius 3 is 2.50 bits per heavy atom. The number of benzene rings is 2. The summed E-state index contributed by atoms with van der Waals surface area (Å²) in [5, 5.41) is 13.4. The second kappa shape index (κ2) is 8.96. The maximum atomic E-state index is 11.9. The monoisotopic (exact) mass is 376 g/mol. The van der Waals surface area contributed by atoms with E-state index in [0.717, 1.165) is 5.56 Å². The number of nitrogens with one attached hydrogen (secondary N) is 1. The van der Waals surface area contributed by atoms with Crippen molar-refractivity contribution in [3.8, 4) is 5.75 Å². The highest BCUT2D eigenvalue weighted by Crippen LogP contribution is 2.27. The molecule has 0 radical (unpaired) electrons. The first-order chi connectivity index (χ1) is 12.3. The molecule has 0 heterocycles. The van der Waals surface area contributed by atoms with Gasteiger partial charge in [0.1, 0.15) is 16.6 Å².